The second kappa shape index (κ2) is 6.18. The molecule has 3 nitrogen and oxygen atoms in total. The first-order chi connectivity index (χ1) is 10.9. The molecule has 1 unspecified atom stereocenters. The zero-order chi connectivity index (χ0) is 16.6. The second-order valence-corrected chi connectivity index (χ2v) is 7.89. The monoisotopic (exact) mass is 359 g/mol. The van der Waals surface area contributed by atoms with Gasteiger partial charge in [-0.3, -0.25) is 0 Å². The molecule has 3 rings (SSSR count). The molecule has 0 saturated heterocycles. The predicted molar refractivity (Wildman–Crippen MR) is 81.2 cm³/mol. The van der Waals surface area contributed by atoms with E-state index in [0.29, 0.717) is 23.8 Å². The van der Waals surface area contributed by atoms with Crippen LogP contribution >= 0.6 is 11.8 Å². The van der Waals surface area contributed by atoms with E-state index in [9.17, 15) is 21.6 Å². The van der Waals surface area contributed by atoms with Gasteiger partial charge in [-0.05, 0) is 54.1 Å². The standard InChI is InChI=1S/C15H12F3NO2S2/c16-9-2-4-14-11(7-9)13(5-6-22-14)19-23(20,21)15-8-10(17)1-3-12(15)18/h1-4,7-8,13,19H,5-6H2. The molecule has 2 aromatic rings. The van der Waals surface area contributed by atoms with Crippen molar-refractivity contribution < 1.29 is 21.6 Å². The van der Waals surface area contributed by atoms with Crippen molar-refractivity contribution in [2.75, 3.05) is 5.75 Å². The molecule has 1 atom stereocenters. The molecular weight excluding hydrogens is 347 g/mol. The number of hydrogen-bond donors (Lipinski definition) is 1. The van der Waals surface area contributed by atoms with Gasteiger partial charge in [0.15, 0.2) is 0 Å². The van der Waals surface area contributed by atoms with Crippen LogP contribution in [-0.2, 0) is 10.0 Å². The molecule has 0 aliphatic carbocycles. The first-order valence-electron chi connectivity index (χ1n) is 6.76. The van der Waals surface area contributed by atoms with Crippen molar-refractivity contribution in [2.24, 2.45) is 0 Å². The lowest BCUT2D eigenvalue weighted by molar-refractivity contribution is 0.524. The molecule has 0 saturated carbocycles. The number of fused-ring (bicyclic) bond motifs is 1. The highest BCUT2D eigenvalue weighted by atomic mass is 32.2. The molecule has 1 N–H and O–H groups in total. The van der Waals surface area contributed by atoms with E-state index in [-0.39, 0.29) is 0 Å². The van der Waals surface area contributed by atoms with Crippen molar-refractivity contribution >= 4 is 21.8 Å². The maximum absolute atomic E-state index is 13.7. The molecule has 122 valence electrons. The van der Waals surface area contributed by atoms with E-state index in [4.69, 9.17) is 0 Å². The van der Waals surface area contributed by atoms with Gasteiger partial charge < -0.3 is 0 Å². The van der Waals surface area contributed by atoms with Gasteiger partial charge in [0, 0.05) is 10.9 Å². The first-order valence-corrected chi connectivity index (χ1v) is 9.23. The van der Waals surface area contributed by atoms with Crippen LogP contribution in [0.15, 0.2) is 46.2 Å². The van der Waals surface area contributed by atoms with E-state index >= 15 is 0 Å². The summed E-state index contributed by atoms with van der Waals surface area (Å²) < 4.78 is 67.5. The van der Waals surface area contributed by atoms with Crippen LogP contribution in [0, 0.1) is 17.5 Å². The highest BCUT2D eigenvalue weighted by Gasteiger charge is 2.28. The van der Waals surface area contributed by atoms with Crippen molar-refractivity contribution in [1.29, 1.82) is 0 Å². The molecule has 2 aromatic carbocycles. The highest BCUT2D eigenvalue weighted by molar-refractivity contribution is 7.99. The molecule has 0 fully saturated rings. The van der Waals surface area contributed by atoms with Gasteiger partial charge in [-0.1, -0.05) is 0 Å². The normalized spacial score (nSPS) is 17.8. The molecule has 0 bridgehead atoms. The molecule has 0 aromatic heterocycles. The van der Waals surface area contributed by atoms with Crippen LogP contribution in [0.25, 0.3) is 0 Å². The van der Waals surface area contributed by atoms with E-state index < -0.39 is 38.4 Å². The zero-order valence-electron chi connectivity index (χ0n) is 11.7. The van der Waals surface area contributed by atoms with Gasteiger partial charge in [0.1, 0.15) is 22.3 Å². The predicted octanol–water partition coefficient (Wildman–Crippen LogP) is 3.62. The minimum Gasteiger partial charge on any atom is -0.207 e. The average molecular weight is 359 g/mol. The number of thioether (sulfide) groups is 1. The molecule has 0 spiro atoms. The lowest BCUT2D eigenvalue weighted by Crippen LogP contribution is -2.31. The molecule has 23 heavy (non-hydrogen) atoms. The summed E-state index contributed by atoms with van der Waals surface area (Å²) in [6.07, 6.45) is 0.428. The zero-order valence-corrected chi connectivity index (χ0v) is 13.4. The molecule has 0 amide bonds. The minimum atomic E-state index is -4.27. The van der Waals surface area contributed by atoms with Gasteiger partial charge in [-0.2, -0.15) is 0 Å². The van der Waals surface area contributed by atoms with Gasteiger partial charge in [-0.25, -0.2) is 26.3 Å². The quantitative estimate of drug-likeness (QED) is 0.911. The van der Waals surface area contributed by atoms with E-state index in [0.717, 1.165) is 17.0 Å². The maximum Gasteiger partial charge on any atom is 0.244 e. The maximum atomic E-state index is 13.7. The van der Waals surface area contributed by atoms with Crippen LogP contribution in [0.2, 0.25) is 0 Å². The fraction of sp³-hybridized carbons (Fsp3) is 0.200. The SMILES string of the molecule is O=S(=O)(NC1CCSc2ccc(F)cc21)c1cc(F)ccc1F. The fourth-order valence-corrected chi connectivity index (χ4v) is 4.87. The van der Waals surface area contributed by atoms with Gasteiger partial charge in [-0.15, -0.1) is 11.8 Å². The minimum absolute atomic E-state index is 0.428. The molecular formula is C15H12F3NO2S2. The van der Waals surface area contributed by atoms with Crippen LogP contribution in [0.4, 0.5) is 13.2 Å². The summed E-state index contributed by atoms with van der Waals surface area (Å²) in [7, 11) is -4.27. The van der Waals surface area contributed by atoms with Crippen LogP contribution in [0.3, 0.4) is 0 Å². The first kappa shape index (κ1) is 16.4. The van der Waals surface area contributed by atoms with Crippen molar-refractivity contribution in [3.05, 3.63) is 59.4 Å². The topological polar surface area (TPSA) is 46.2 Å². The van der Waals surface area contributed by atoms with Gasteiger partial charge in [0.2, 0.25) is 10.0 Å². The van der Waals surface area contributed by atoms with Crippen molar-refractivity contribution in [3.63, 3.8) is 0 Å². The number of hydrogen-bond acceptors (Lipinski definition) is 3. The number of nitrogens with one attached hydrogen (secondary N) is 1. The Kier molecular flexibility index (Phi) is 4.39. The number of rotatable bonds is 3. The number of sulfonamides is 1. The van der Waals surface area contributed by atoms with E-state index in [2.05, 4.69) is 4.72 Å². The number of halogens is 3. The Morgan fingerprint density at radius 2 is 1.74 bits per heavy atom. The fourth-order valence-electron chi connectivity index (χ4n) is 2.42. The lowest BCUT2D eigenvalue weighted by atomic mass is 10.0. The summed E-state index contributed by atoms with van der Waals surface area (Å²) in [5.74, 6) is -1.73. The Labute approximate surface area is 136 Å². The van der Waals surface area contributed by atoms with Crippen LogP contribution in [0.5, 0.6) is 0 Å². The average Bonchev–Trinajstić information content (AvgIpc) is 2.50. The van der Waals surface area contributed by atoms with E-state index in [1.165, 1.54) is 23.9 Å². The summed E-state index contributed by atoms with van der Waals surface area (Å²) in [5, 5.41) is 0. The third-order valence-electron chi connectivity index (χ3n) is 3.49. The highest BCUT2D eigenvalue weighted by Crippen LogP contribution is 2.37. The van der Waals surface area contributed by atoms with Crippen molar-refractivity contribution in [3.8, 4) is 0 Å². The van der Waals surface area contributed by atoms with Gasteiger partial charge in [0.05, 0.1) is 0 Å². The largest absolute Gasteiger partial charge is 0.244 e. The Hall–Kier alpha value is -1.51. The molecule has 8 heteroatoms. The van der Waals surface area contributed by atoms with E-state index in [1.807, 2.05) is 0 Å². The summed E-state index contributed by atoms with van der Waals surface area (Å²) in [6, 6.07) is 5.69. The van der Waals surface area contributed by atoms with Gasteiger partial charge in [0.25, 0.3) is 0 Å². The summed E-state index contributed by atoms with van der Waals surface area (Å²) in [5.41, 5.74) is 0.502. The van der Waals surface area contributed by atoms with Crippen LogP contribution in [0.1, 0.15) is 18.0 Å². The van der Waals surface area contributed by atoms with Crippen molar-refractivity contribution in [1.82, 2.24) is 4.72 Å². The Balaban J connectivity index is 1.96. The third-order valence-corrected chi connectivity index (χ3v) is 6.10. The Morgan fingerprint density at radius 3 is 2.52 bits per heavy atom. The van der Waals surface area contributed by atoms with E-state index in [1.54, 1.807) is 6.07 Å². The Morgan fingerprint density at radius 1 is 1.04 bits per heavy atom. The lowest BCUT2D eigenvalue weighted by Gasteiger charge is -2.25. The number of benzene rings is 2. The third kappa shape index (κ3) is 3.39. The molecule has 1 heterocycles. The summed E-state index contributed by atoms with van der Waals surface area (Å²) >= 11 is 1.49. The smallest absolute Gasteiger partial charge is 0.207 e. The van der Waals surface area contributed by atoms with Crippen LogP contribution < -0.4 is 4.72 Å². The van der Waals surface area contributed by atoms with Gasteiger partial charge >= 0.3 is 0 Å². The van der Waals surface area contributed by atoms with Crippen molar-refractivity contribution in [2.45, 2.75) is 22.3 Å². The Bertz CT molecular complexity index is 856. The second-order valence-electron chi connectivity index (χ2n) is 5.07. The summed E-state index contributed by atoms with van der Waals surface area (Å²) in [6.45, 7) is 0. The molecule has 1 aliphatic heterocycles. The molecule has 1 aliphatic rings. The molecule has 0 radical (unpaired) electrons. The van der Waals surface area contributed by atoms with Crippen LogP contribution in [-0.4, -0.2) is 14.2 Å². The summed E-state index contributed by atoms with van der Waals surface area (Å²) in [4.78, 5) is 0.0127.